The lowest BCUT2D eigenvalue weighted by Gasteiger charge is -2.18. The number of fused-ring (bicyclic) bond motifs is 1. The van der Waals surface area contributed by atoms with Crippen molar-refractivity contribution in [3.05, 3.63) is 65.9 Å². The van der Waals surface area contributed by atoms with E-state index in [0.717, 1.165) is 28.9 Å². The quantitative estimate of drug-likeness (QED) is 0.803. The molecule has 0 saturated carbocycles. The average molecular weight is 292 g/mol. The number of aryl methyl sites for hydroxylation is 1. The summed E-state index contributed by atoms with van der Waals surface area (Å²) in [7, 11) is 3.87. The number of hydrogen-bond donors (Lipinski definition) is 0. The van der Waals surface area contributed by atoms with Gasteiger partial charge in [-0.1, -0.05) is 37.3 Å². The predicted molar refractivity (Wildman–Crippen MR) is 91.1 cm³/mol. The van der Waals surface area contributed by atoms with Crippen LogP contribution in [0.1, 0.15) is 18.1 Å². The lowest BCUT2D eigenvalue weighted by Crippen LogP contribution is -2.21. The van der Waals surface area contributed by atoms with E-state index in [1.807, 2.05) is 66.5 Å². The molecule has 1 amide bonds. The Balaban J connectivity index is 2.15. The Bertz CT molecular complexity index is 747. The van der Waals surface area contributed by atoms with E-state index in [1.165, 1.54) is 5.56 Å². The number of para-hydroxylation sites is 1. The van der Waals surface area contributed by atoms with E-state index in [4.69, 9.17) is 0 Å². The molecule has 112 valence electrons. The minimum absolute atomic E-state index is 0.0307. The van der Waals surface area contributed by atoms with Gasteiger partial charge in [0, 0.05) is 31.5 Å². The van der Waals surface area contributed by atoms with Gasteiger partial charge in [0.2, 0.25) is 0 Å². The van der Waals surface area contributed by atoms with E-state index < -0.39 is 0 Å². The first-order valence-corrected chi connectivity index (χ1v) is 7.53. The molecule has 0 spiro atoms. The maximum absolute atomic E-state index is 12.9. The number of anilines is 2. The number of carbonyl (C=O) groups excluding carboxylic acids is 1. The predicted octanol–water partition coefficient (Wildman–Crippen LogP) is 3.83. The summed E-state index contributed by atoms with van der Waals surface area (Å²) < 4.78 is 0. The molecule has 0 unspecified atom stereocenters. The van der Waals surface area contributed by atoms with E-state index >= 15 is 0 Å². The van der Waals surface area contributed by atoms with Gasteiger partial charge in [-0.3, -0.25) is 9.69 Å². The van der Waals surface area contributed by atoms with Gasteiger partial charge >= 0.3 is 0 Å². The fraction of sp³-hybridized carbons (Fsp3) is 0.211. The van der Waals surface area contributed by atoms with E-state index in [-0.39, 0.29) is 5.91 Å². The normalized spacial score (nSPS) is 15.3. The highest BCUT2D eigenvalue weighted by molar-refractivity contribution is 6.34. The number of nitrogens with zero attached hydrogens (tertiary/aromatic N) is 2. The molecule has 0 N–H and O–H groups in total. The first kappa shape index (κ1) is 14.4. The van der Waals surface area contributed by atoms with Crippen LogP contribution in [0.3, 0.4) is 0 Å². The molecule has 0 aromatic heterocycles. The van der Waals surface area contributed by atoms with E-state index in [0.29, 0.717) is 0 Å². The lowest BCUT2D eigenvalue weighted by molar-refractivity contribution is -0.112. The molecule has 3 rings (SSSR count). The van der Waals surface area contributed by atoms with Crippen molar-refractivity contribution in [3.63, 3.8) is 0 Å². The molecule has 3 nitrogen and oxygen atoms in total. The van der Waals surface area contributed by atoms with Crippen molar-refractivity contribution in [2.75, 3.05) is 19.0 Å². The lowest BCUT2D eigenvalue weighted by atomic mass is 10.1. The summed E-state index contributed by atoms with van der Waals surface area (Å²) in [5, 5.41) is 0. The third-order valence-corrected chi connectivity index (χ3v) is 3.83. The van der Waals surface area contributed by atoms with E-state index in [2.05, 4.69) is 19.1 Å². The van der Waals surface area contributed by atoms with Gasteiger partial charge in [-0.15, -0.1) is 0 Å². The van der Waals surface area contributed by atoms with Gasteiger partial charge in [0.25, 0.3) is 5.91 Å². The molecular formula is C19H20N2O. The van der Waals surface area contributed by atoms with Crippen molar-refractivity contribution in [3.8, 4) is 0 Å². The van der Waals surface area contributed by atoms with E-state index in [1.54, 1.807) is 0 Å². The van der Waals surface area contributed by atoms with Crippen LogP contribution in [0.5, 0.6) is 0 Å². The minimum Gasteiger partial charge on any atom is -0.383 e. The Morgan fingerprint density at radius 2 is 1.86 bits per heavy atom. The molecule has 1 aliphatic heterocycles. The molecule has 0 aliphatic carbocycles. The number of rotatable bonds is 3. The molecule has 2 aromatic rings. The second-order valence-corrected chi connectivity index (χ2v) is 5.69. The smallest absolute Gasteiger partial charge is 0.265 e. The highest BCUT2D eigenvalue weighted by Gasteiger charge is 2.33. The van der Waals surface area contributed by atoms with Gasteiger partial charge in [0.15, 0.2) is 0 Å². The Morgan fingerprint density at radius 1 is 1.09 bits per heavy atom. The van der Waals surface area contributed by atoms with Gasteiger partial charge in [0.1, 0.15) is 0 Å². The standard InChI is InChI=1S/C19H20N2O/c1-4-14-8-7-9-15(12-14)21-18-11-6-5-10-16(18)17(19(21)22)13-20(2)3/h5-13H,4H2,1-3H3/b17-13-. The molecule has 0 radical (unpaired) electrons. The topological polar surface area (TPSA) is 23.6 Å². The van der Waals surface area contributed by atoms with Gasteiger partial charge in [-0.05, 0) is 30.2 Å². The zero-order chi connectivity index (χ0) is 15.7. The number of amides is 1. The fourth-order valence-electron chi connectivity index (χ4n) is 2.80. The van der Waals surface area contributed by atoms with Gasteiger partial charge < -0.3 is 4.90 Å². The SMILES string of the molecule is CCc1cccc(N2C(=O)/C(=C\N(C)C)c3ccccc32)c1. The van der Waals surface area contributed by atoms with Crippen LogP contribution < -0.4 is 4.90 Å². The Labute approximate surface area is 131 Å². The number of hydrogen-bond acceptors (Lipinski definition) is 2. The van der Waals surface area contributed by atoms with Crippen molar-refractivity contribution < 1.29 is 4.79 Å². The second-order valence-electron chi connectivity index (χ2n) is 5.69. The first-order valence-electron chi connectivity index (χ1n) is 7.53. The highest BCUT2D eigenvalue weighted by Crippen LogP contribution is 2.41. The monoisotopic (exact) mass is 292 g/mol. The van der Waals surface area contributed by atoms with Gasteiger partial charge in [-0.25, -0.2) is 0 Å². The van der Waals surface area contributed by atoms with Gasteiger partial charge in [0.05, 0.1) is 11.3 Å². The summed E-state index contributed by atoms with van der Waals surface area (Å²) in [6.07, 6.45) is 2.85. The van der Waals surface area contributed by atoms with Crippen LogP contribution in [-0.2, 0) is 11.2 Å². The Hall–Kier alpha value is -2.55. The van der Waals surface area contributed by atoms with Crippen LogP contribution in [-0.4, -0.2) is 24.9 Å². The zero-order valence-corrected chi connectivity index (χ0v) is 13.2. The molecule has 0 atom stereocenters. The summed E-state index contributed by atoms with van der Waals surface area (Å²) in [5.41, 5.74) is 4.84. The summed E-state index contributed by atoms with van der Waals surface area (Å²) in [6.45, 7) is 2.12. The minimum atomic E-state index is 0.0307. The van der Waals surface area contributed by atoms with Crippen molar-refractivity contribution in [1.82, 2.24) is 4.90 Å². The van der Waals surface area contributed by atoms with Crippen molar-refractivity contribution in [2.45, 2.75) is 13.3 Å². The van der Waals surface area contributed by atoms with Crippen LogP contribution in [0.15, 0.2) is 54.7 Å². The maximum atomic E-state index is 12.9. The third-order valence-electron chi connectivity index (χ3n) is 3.83. The molecule has 22 heavy (non-hydrogen) atoms. The van der Waals surface area contributed by atoms with Crippen LogP contribution >= 0.6 is 0 Å². The van der Waals surface area contributed by atoms with Crippen LogP contribution in [0.2, 0.25) is 0 Å². The summed E-state index contributed by atoms with van der Waals surface area (Å²) in [4.78, 5) is 16.7. The van der Waals surface area contributed by atoms with Crippen molar-refractivity contribution >= 4 is 22.9 Å². The number of benzene rings is 2. The van der Waals surface area contributed by atoms with Crippen LogP contribution in [0.4, 0.5) is 11.4 Å². The Kier molecular flexibility index (Phi) is 3.72. The van der Waals surface area contributed by atoms with Crippen molar-refractivity contribution in [2.24, 2.45) is 0 Å². The molecular weight excluding hydrogens is 272 g/mol. The molecule has 3 heteroatoms. The average Bonchev–Trinajstić information content (AvgIpc) is 2.79. The second kappa shape index (κ2) is 5.68. The molecule has 0 saturated heterocycles. The fourth-order valence-corrected chi connectivity index (χ4v) is 2.80. The number of carbonyl (C=O) groups is 1. The molecule has 1 aliphatic rings. The summed E-state index contributed by atoms with van der Waals surface area (Å²) >= 11 is 0. The molecule has 2 aromatic carbocycles. The van der Waals surface area contributed by atoms with Crippen molar-refractivity contribution in [1.29, 1.82) is 0 Å². The molecule has 1 heterocycles. The maximum Gasteiger partial charge on any atom is 0.265 e. The zero-order valence-electron chi connectivity index (χ0n) is 13.2. The van der Waals surface area contributed by atoms with Gasteiger partial charge in [-0.2, -0.15) is 0 Å². The van der Waals surface area contributed by atoms with Crippen LogP contribution in [0.25, 0.3) is 5.57 Å². The largest absolute Gasteiger partial charge is 0.383 e. The van der Waals surface area contributed by atoms with E-state index in [9.17, 15) is 4.79 Å². The summed E-state index contributed by atoms with van der Waals surface area (Å²) in [6, 6.07) is 16.1. The highest BCUT2D eigenvalue weighted by atomic mass is 16.2. The first-order chi connectivity index (χ1) is 10.6. The molecule has 0 fully saturated rings. The Morgan fingerprint density at radius 3 is 2.59 bits per heavy atom. The third kappa shape index (κ3) is 2.39. The van der Waals surface area contributed by atoms with Crippen LogP contribution in [0, 0.1) is 0 Å². The summed E-state index contributed by atoms with van der Waals surface area (Å²) in [5.74, 6) is 0.0307. The molecule has 0 bridgehead atoms.